The first-order valence-corrected chi connectivity index (χ1v) is 13.7. The van der Waals surface area contributed by atoms with Gasteiger partial charge in [0, 0.05) is 6.61 Å². The van der Waals surface area contributed by atoms with E-state index in [0.29, 0.717) is 17.8 Å². The van der Waals surface area contributed by atoms with Gasteiger partial charge in [0.1, 0.15) is 0 Å². The summed E-state index contributed by atoms with van der Waals surface area (Å²) in [6.45, 7) is 21.5. The summed E-state index contributed by atoms with van der Waals surface area (Å²) in [7, 11) is -1.63. The SMILES string of the molecule is C/C(=C\[C@H](O)[C@@H]1C[C@H](C)CC[C@@H]1C(C)C)CCCO[Si](C)(C)C(C)(C)C. The van der Waals surface area contributed by atoms with Crippen LogP contribution < -0.4 is 0 Å². The maximum absolute atomic E-state index is 10.9. The highest BCUT2D eigenvalue weighted by molar-refractivity contribution is 6.74. The number of rotatable bonds is 8. The van der Waals surface area contributed by atoms with Crippen molar-refractivity contribution in [3.8, 4) is 0 Å². The van der Waals surface area contributed by atoms with E-state index >= 15 is 0 Å². The monoisotopic (exact) mass is 382 g/mol. The summed E-state index contributed by atoms with van der Waals surface area (Å²) >= 11 is 0. The van der Waals surface area contributed by atoms with Crippen molar-refractivity contribution in [1.82, 2.24) is 0 Å². The molecular formula is C23H46O2Si. The molecule has 0 aromatic rings. The Balaban J connectivity index is 2.52. The molecule has 0 heterocycles. The summed E-state index contributed by atoms with van der Waals surface area (Å²) in [6, 6.07) is 0. The molecule has 26 heavy (non-hydrogen) atoms. The van der Waals surface area contributed by atoms with Gasteiger partial charge in [-0.1, -0.05) is 59.6 Å². The average molecular weight is 383 g/mol. The fourth-order valence-corrected chi connectivity index (χ4v) is 5.15. The molecule has 1 aliphatic carbocycles. The lowest BCUT2D eigenvalue weighted by atomic mass is 9.68. The molecule has 0 spiro atoms. The van der Waals surface area contributed by atoms with Gasteiger partial charge >= 0.3 is 0 Å². The number of aliphatic hydroxyl groups is 1. The standard InChI is InChI=1S/C23H46O2Si/c1-17(2)20-13-12-19(4)15-21(20)22(24)16-18(3)11-10-14-25-26(8,9)23(5,6)7/h16-17,19-22,24H,10-15H2,1-9H3/b18-16+/t19-,20-,21-,22+/m1/s1. The summed E-state index contributed by atoms with van der Waals surface area (Å²) in [5.41, 5.74) is 1.32. The zero-order valence-corrected chi connectivity index (χ0v) is 20.1. The second kappa shape index (κ2) is 9.89. The maximum Gasteiger partial charge on any atom is 0.191 e. The fourth-order valence-electron chi connectivity index (χ4n) is 4.06. The number of hydrogen-bond acceptors (Lipinski definition) is 2. The van der Waals surface area contributed by atoms with E-state index in [4.69, 9.17) is 4.43 Å². The summed E-state index contributed by atoms with van der Waals surface area (Å²) in [6.07, 6.45) is 7.70. The first-order chi connectivity index (χ1) is 11.8. The third-order valence-electron chi connectivity index (χ3n) is 6.95. The molecule has 0 aromatic heterocycles. The quantitative estimate of drug-likeness (QED) is 0.284. The van der Waals surface area contributed by atoms with E-state index in [-0.39, 0.29) is 11.1 Å². The summed E-state index contributed by atoms with van der Waals surface area (Å²) in [4.78, 5) is 0. The first-order valence-electron chi connectivity index (χ1n) is 10.8. The summed E-state index contributed by atoms with van der Waals surface area (Å²) < 4.78 is 6.28. The molecule has 2 nitrogen and oxygen atoms in total. The smallest absolute Gasteiger partial charge is 0.191 e. The Bertz CT molecular complexity index is 448. The van der Waals surface area contributed by atoms with Gasteiger partial charge in [-0.2, -0.15) is 0 Å². The van der Waals surface area contributed by atoms with E-state index in [1.165, 1.54) is 24.8 Å². The van der Waals surface area contributed by atoms with Gasteiger partial charge in [-0.05, 0) is 74.4 Å². The Morgan fingerprint density at radius 2 is 1.81 bits per heavy atom. The van der Waals surface area contributed by atoms with Gasteiger partial charge in [0.25, 0.3) is 0 Å². The lowest BCUT2D eigenvalue weighted by Crippen LogP contribution is -2.40. The highest BCUT2D eigenvalue weighted by Gasteiger charge is 2.37. The number of hydrogen-bond donors (Lipinski definition) is 1. The topological polar surface area (TPSA) is 29.5 Å². The van der Waals surface area contributed by atoms with E-state index in [0.717, 1.165) is 25.4 Å². The predicted molar refractivity (Wildman–Crippen MR) is 117 cm³/mol. The lowest BCUT2D eigenvalue weighted by molar-refractivity contribution is 0.0422. The van der Waals surface area contributed by atoms with E-state index in [1.807, 2.05) is 0 Å². The van der Waals surface area contributed by atoms with Crippen LogP contribution in [0.3, 0.4) is 0 Å². The minimum Gasteiger partial charge on any atom is -0.417 e. The van der Waals surface area contributed by atoms with Crippen LogP contribution in [0.25, 0.3) is 0 Å². The molecule has 0 unspecified atom stereocenters. The van der Waals surface area contributed by atoms with Crippen LogP contribution in [0.1, 0.15) is 80.6 Å². The molecule has 0 aliphatic heterocycles. The Hall–Kier alpha value is -0.123. The Morgan fingerprint density at radius 1 is 1.19 bits per heavy atom. The number of allylic oxidation sites excluding steroid dienone is 1. The van der Waals surface area contributed by atoms with Crippen molar-refractivity contribution in [1.29, 1.82) is 0 Å². The Kier molecular flexibility index (Phi) is 9.09. The van der Waals surface area contributed by atoms with Crippen LogP contribution >= 0.6 is 0 Å². The molecule has 1 aliphatic rings. The van der Waals surface area contributed by atoms with Gasteiger partial charge in [0.05, 0.1) is 6.10 Å². The molecule has 1 N–H and O–H groups in total. The van der Waals surface area contributed by atoms with Crippen LogP contribution in [-0.2, 0) is 4.43 Å². The second-order valence-electron chi connectivity index (χ2n) is 10.7. The molecule has 1 fully saturated rings. The van der Waals surface area contributed by atoms with Crippen LogP contribution in [-0.4, -0.2) is 26.1 Å². The molecule has 3 heteroatoms. The molecule has 0 radical (unpaired) electrons. The van der Waals surface area contributed by atoms with Crippen molar-refractivity contribution in [2.24, 2.45) is 23.7 Å². The molecule has 0 saturated heterocycles. The molecule has 0 amide bonds. The van der Waals surface area contributed by atoms with Crippen LogP contribution in [0.5, 0.6) is 0 Å². The highest BCUT2D eigenvalue weighted by atomic mass is 28.4. The Morgan fingerprint density at radius 3 is 2.35 bits per heavy atom. The van der Waals surface area contributed by atoms with Gasteiger partial charge in [-0.3, -0.25) is 0 Å². The van der Waals surface area contributed by atoms with E-state index in [2.05, 4.69) is 67.6 Å². The van der Waals surface area contributed by atoms with E-state index in [9.17, 15) is 5.11 Å². The van der Waals surface area contributed by atoms with Crippen molar-refractivity contribution < 1.29 is 9.53 Å². The van der Waals surface area contributed by atoms with Gasteiger partial charge in [-0.15, -0.1) is 0 Å². The molecule has 4 atom stereocenters. The second-order valence-corrected chi connectivity index (χ2v) is 15.5. The Labute approximate surface area is 164 Å². The predicted octanol–water partition coefficient (Wildman–Crippen LogP) is 6.80. The highest BCUT2D eigenvalue weighted by Crippen LogP contribution is 2.40. The van der Waals surface area contributed by atoms with Crippen molar-refractivity contribution in [3.05, 3.63) is 11.6 Å². The molecular weight excluding hydrogens is 336 g/mol. The van der Waals surface area contributed by atoms with Gasteiger partial charge in [-0.25, -0.2) is 0 Å². The van der Waals surface area contributed by atoms with Gasteiger partial charge in [0.2, 0.25) is 0 Å². The van der Waals surface area contributed by atoms with Gasteiger partial charge < -0.3 is 9.53 Å². The summed E-state index contributed by atoms with van der Waals surface area (Å²) in [5.74, 6) is 2.49. The van der Waals surface area contributed by atoms with Crippen molar-refractivity contribution in [3.63, 3.8) is 0 Å². The molecule has 0 aromatic carbocycles. The fraction of sp³-hybridized carbons (Fsp3) is 0.913. The van der Waals surface area contributed by atoms with E-state index in [1.54, 1.807) is 0 Å². The summed E-state index contributed by atoms with van der Waals surface area (Å²) in [5, 5.41) is 11.1. The number of aliphatic hydroxyl groups excluding tert-OH is 1. The first kappa shape index (κ1) is 23.9. The zero-order chi connectivity index (χ0) is 20.1. The average Bonchev–Trinajstić information content (AvgIpc) is 2.50. The molecule has 0 bridgehead atoms. The van der Waals surface area contributed by atoms with Crippen molar-refractivity contribution in [2.45, 2.75) is 105 Å². The van der Waals surface area contributed by atoms with Crippen molar-refractivity contribution in [2.75, 3.05) is 6.61 Å². The molecule has 1 rings (SSSR count). The third-order valence-corrected chi connectivity index (χ3v) is 11.5. The van der Waals surface area contributed by atoms with Crippen molar-refractivity contribution >= 4 is 8.32 Å². The normalized spacial score (nSPS) is 27.0. The minimum absolute atomic E-state index is 0.275. The third kappa shape index (κ3) is 7.13. The zero-order valence-electron chi connectivity index (χ0n) is 19.1. The van der Waals surface area contributed by atoms with Gasteiger partial charge in [0.15, 0.2) is 8.32 Å². The molecule has 154 valence electrons. The van der Waals surface area contributed by atoms with E-state index < -0.39 is 8.32 Å². The van der Waals surface area contributed by atoms with Crippen LogP contribution in [0.4, 0.5) is 0 Å². The van der Waals surface area contributed by atoms with Crippen LogP contribution in [0.15, 0.2) is 11.6 Å². The lowest BCUT2D eigenvalue weighted by Gasteiger charge is -2.39. The largest absolute Gasteiger partial charge is 0.417 e. The van der Waals surface area contributed by atoms with Crippen LogP contribution in [0, 0.1) is 23.7 Å². The van der Waals surface area contributed by atoms with Crippen LogP contribution in [0.2, 0.25) is 18.1 Å². The molecule has 1 saturated carbocycles. The maximum atomic E-state index is 10.9. The minimum atomic E-state index is -1.63.